The van der Waals surface area contributed by atoms with Crippen LogP contribution in [0.15, 0.2) is 214 Å². The Bertz CT molecular complexity index is 5760. The van der Waals surface area contributed by atoms with Gasteiger partial charge in [0, 0.05) is 183 Å². The number of rotatable bonds is 31. The molecule has 0 aliphatic carbocycles. The number of ether oxygens (including phenoxy) is 9. The highest BCUT2D eigenvalue weighted by Gasteiger charge is 2.43. The van der Waals surface area contributed by atoms with Gasteiger partial charge in [-0.15, -0.1) is 55.6 Å². The number of esters is 4. The Morgan fingerprint density at radius 1 is 0.478 bits per heavy atom. The zero-order valence-corrected chi connectivity index (χ0v) is 83.4. The average Bonchev–Trinajstić information content (AvgIpc) is 1.12. The van der Waals surface area contributed by atoms with Crippen LogP contribution in [0.5, 0.6) is 0 Å². The van der Waals surface area contributed by atoms with Gasteiger partial charge in [-0.3, -0.25) is 44.4 Å². The van der Waals surface area contributed by atoms with Gasteiger partial charge in [-0.05, 0) is 97.8 Å². The third kappa shape index (κ3) is 26.8. The number of carbonyl (C=O) groups excluding carboxylic acids is 5. The van der Waals surface area contributed by atoms with E-state index >= 15 is 0 Å². The fourth-order valence-electron chi connectivity index (χ4n) is 16.0. The summed E-state index contributed by atoms with van der Waals surface area (Å²) in [5.74, 6) is -1.19. The fraction of sp³-hybridized carbons (Fsp3) is 0.411. The number of hydrogen-bond acceptors (Lipinski definition) is 40. The molecular formula is C90H96Br2Cl3F3N20O16S4. The lowest BCUT2D eigenvalue weighted by molar-refractivity contribution is -0.139. The maximum Gasteiger partial charge on any atom is 0.338 e. The van der Waals surface area contributed by atoms with E-state index in [0.717, 1.165) is 0 Å². The van der Waals surface area contributed by atoms with Gasteiger partial charge >= 0.3 is 23.9 Å². The van der Waals surface area contributed by atoms with Crippen LogP contribution in [-0.4, -0.2) is 285 Å². The lowest BCUT2D eigenvalue weighted by atomic mass is 9.95. The molecule has 4 aromatic carbocycles. The molecule has 0 saturated carbocycles. The van der Waals surface area contributed by atoms with Gasteiger partial charge in [0.15, 0.2) is 43.4 Å². The predicted octanol–water partition coefficient (Wildman–Crippen LogP) is 12.6. The Kier molecular flexibility index (Phi) is 38.3. The Labute approximate surface area is 838 Å². The number of carbonyl (C=O) groups is 5. The van der Waals surface area contributed by atoms with Gasteiger partial charge in [0.2, 0.25) is 6.17 Å². The largest absolute Gasteiger partial charge is 0.468 e. The summed E-state index contributed by atoms with van der Waals surface area (Å²) in [7, 11) is 0. The third-order valence-corrected chi connectivity index (χ3v) is 27.6. The molecule has 8 atom stereocenters. The van der Waals surface area contributed by atoms with Gasteiger partial charge in [-0.2, -0.15) is 0 Å². The molecule has 138 heavy (non-hydrogen) atoms. The molecule has 6 N–H and O–H groups in total. The molecule has 6 unspecified atom stereocenters. The van der Waals surface area contributed by atoms with Crippen molar-refractivity contribution in [3.8, 4) is 0 Å². The summed E-state index contributed by atoms with van der Waals surface area (Å²) in [5.41, 5.74) is 6.28. The summed E-state index contributed by atoms with van der Waals surface area (Å²) in [6, 6.07) is 14.6. The molecule has 0 spiro atoms. The summed E-state index contributed by atoms with van der Waals surface area (Å²) < 4.78 is 91.7. The minimum absolute atomic E-state index is 0.0669. The second-order valence-corrected chi connectivity index (χ2v) is 37.8. The normalized spacial score (nSPS) is 21.5. The first kappa shape index (κ1) is 104. The zero-order chi connectivity index (χ0) is 97.3. The number of hydrogen-bond donors (Lipinski definition) is 6. The van der Waals surface area contributed by atoms with Gasteiger partial charge in [-0.1, -0.05) is 90.9 Å². The summed E-state index contributed by atoms with van der Waals surface area (Å²) in [6.07, 6.45) is 6.14. The first-order chi connectivity index (χ1) is 67.0. The van der Waals surface area contributed by atoms with Crippen molar-refractivity contribution in [3.63, 3.8) is 0 Å². The van der Waals surface area contributed by atoms with Crippen molar-refractivity contribution in [1.82, 2.24) is 60.8 Å². The quantitative estimate of drug-likeness (QED) is 0.0102. The number of nitrogens with zero attached hydrogens (tertiary/aromatic N) is 16. The molecule has 9 aliphatic heterocycles. The van der Waals surface area contributed by atoms with Crippen molar-refractivity contribution in [2.75, 3.05) is 151 Å². The van der Waals surface area contributed by atoms with Crippen molar-refractivity contribution in [2.24, 2.45) is 40.6 Å². The van der Waals surface area contributed by atoms with Crippen LogP contribution in [0, 0.1) is 17.5 Å². The van der Waals surface area contributed by atoms with E-state index in [1.807, 2.05) is 21.5 Å². The third-order valence-electron chi connectivity index (χ3n) is 22.3. The monoisotopic (exact) mass is 2160 g/mol. The van der Waals surface area contributed by atoms with Crippen LogP contribution < -0.4 is 21.3 Å². The topological polar surface area (TPSA) is 420 Å². The number of aliphatic hydroxyl groups is 2. The summed E-state index contributed by atoms with van der Waals surface area (Å²) in [4.78, 5) is 109. The number of amidine groups is 4. The van der Waals surface area contributed by atoms with Gasteiger partial charge in [0.1, 0.15) is 41.6 Å². The lowest BCUT2D eigenvalue weighted by Crippen LogP contribution is -2.52. The molecule has 4 saturated heterocycles. The van der Waals surface area contributed by atoms with Crippen molar-refractivity contribution in [3.05, 3.63) is 248 Å². The van der Waals surface area contributed by atoms with Crippen LogP contribution in [-0.2, 0) is 66.6 Å². The van der Waals surface area contributed by atoms with Crippen molar-refractivity contribution >= 4 is 166 Å². The van der Waals surface area contributed by atoms with Gasteiger partial charge in [-0.25, -0.2) is 52.3 Å². The second kappa shape index (κ2) is 50.9. The van der Waals surface area contributed by atoms with Crippen LogP contribution in [0.3, 0.4) is 0 Å². The first-order valence-electron chi connectivity index (χ1n) is 43.8. The Morgan fingerprint density at radius 2 is 0.833 bits per heavy atom. The zero-order valence-electron chi connectivity index (χ0n) is 74.7. The Balaban J connectivity index is 0.000000147. The smallest absolute Gasteiger partial charge is 0.338 e. The Morgan fingerprint density at radius 3 is 1.19 bits per heavy atom. The molecule has 17 rings (SSSR count). The van der Waals surface area contributed by atoms with Crippen LogP contribution in [0.1, 0.15) is 101 Å². The predicted molar refractivity (Wildman–Crippen MR) is 518 cm³/mol. The van der Waals surface area contributed by atoms with E-state index in [4.69, 9.17) is 97.4 Å². The average molecular weight is 2170 g/mol. The highest BCUT2D eigenvalue weighted by atomic mass is 79.9. The highest BCUT2D eigenvalue weighted by molar-refractivity contribution is 9.10. The molecule has 732 valence electrons. The minimum atomic E-state index is -0.804. The van der Waals surface area contributed by atoms with Crippen LogP contribution in [0.2, 0.25) is 15.1 Å². The number of aliphatic imine (C=N–C) groups is 4. The van der Waals surface area contributed by atoms with Crippen LogP contribution in [0.25, 0.3) is 0 Å². The molecule has 9 aliphatic rings. The maximum absolute atomic E-state index is 13.9. The van der Waals surface area contributed by atoms with E-state index in [2.05, 4.69) is 113 Å². The molecule has 0 radical (unpaired) electrons. The van der Waals surface area contributed by atoms with Crippen molar-refractivity contribution in [2.45, 2.75) is 88.8 Å². The molecule has 48 heteroatoms. The summed E-state index contributed by atoms with van der Waals surface area (Å²) in [6.45, 7) is 16.4. The standard InChI is InChI=1S/C24H26BrFN4O5S.C22H22BrFN8O3S.C22H24Cl2N4O4S.C22H24ClFN4O4S/c1-2-34-24(32)20-19(13-30-7-9-35-16(12-30)5-8-33-14-31)28-22(23-27-6-10-36-23)29-21(20)17-4-3-15(26)11-18(17)25;1-2-35-22(33)17-15(10-32-6-7-34-11-16(32)19-28-30-31-29-19)26-20(21-25-5-8-36-21)27-18(17)13-4-3-12(24)9-14(13)23;1-2-31-22(30)18-17(11-28-6-7-32-14(10-28)12-29)26-20(21-25-5-8-33-21)27-19(18)15-4-3-13(23)9-16(15)24;1-2-31-22(30)18-17(11-28-6-7-32-14(10-28)12-29)26-20(21-25-5-8-33-21)27-19(18)15-4-3-13(24)9-16(15)23/h3-4,6,10-11,14,16,21H,2,5,7-9,12-13H2,1H3,(H,28,29);3-5,8-9,16,18-19H,2,6-7,10-11H2,1H3,(H,26,27);2*3-5,8-9,14,19,29H,2,6-7,10-12H2,1H3,(H,26,27)/t;;2*14-,19?/m..00/s1. The number of aromatic nitrogens is 4. The first-order valence-corrected chi connectivity index (χ1v) is 50.1. The SMILES string of the molecule is CCOC(=O)C1=C(CN2CCOC(CCOC=O)C2)NC(c2nccs2)=NC1c1ccc(F)cc1Br.CCOC(=O)C1=C(CN2CCOCC2C2N=NN=N2)NC(c2nccs2)=NC1c1ccc(F)cc1Br.CCOC(=O)C1=C(CN2CCO[C@H](CO)C2)NC(c2nccs2)=NC1c1ccc(Cl)cc1Cl.CCOC(=O)C1=C(CN2CCO[C@H](CO)C2)NC(c2nccs2)=NC1c1ccc(F)cc1Cl. The number of benzene rings is 4. The highest BCUT2D eigenvalue weighted by Crippen LogP contribution is 2.43. The van der Waals surface area contributed by atoms with E-state index in [1.54, 1.807) is 82.8 Å². The van der Waals surface area contributed by atoms with E-state index < -0.39 is 71.7 Å². The van der Waals surface area contributed by atoms with Gasteiger partial charge < -0.3 is 74.1 Å². The van der Waals surface area contributed by atoms with Crippen LogP contribution in [0.4, 0.5) is 13.2 Å². The van der Waals surface area contributed by atoms with E-state index in [9.17, 15) is 47.4 Å². The number of halogens is 8. The second-order valence-electron chi connectivity index (χ2n) is 31.2. The lowest BCUT2D eigenvalue weighted by Gasteiger charge is -2.38. The molecule has 13 heterocycles. The fourth-order valence-corrected chi connectivity index (χ4v) is 20.3. The molecular weight excluding hydrogens is 2070 g/mol. The number of thiazole rings is 4. The number of morpholine rings is 4. The number of nitrogens with one attached hydrogen (secondary N) is 4. The molecule has 8 aromatic rings. The minimum Gasteiger partial charge on any atom is -0.468 e. The summed E-state index contributed by atoms with van der Waals surface area (Å²) >= 11 is 31.6. The molecule has 4 fully saturated rings. The molecule has 0 bridgehead atoms. The maximum atomic E-state index is 13.9. The van der Waals surface area contributed by atoms with E-state index in [-0.39, 0.29) is 75.6 Å². The molecule has 0 amide bonds. The summed E-state index contributed by atoms with van der Waals surface area (Å²) in [5, 5.41) is 58.9. The van der Waals surface area contributed by atoms with Crippen molar-refractivity contribution < 1.29 is 90.0 Å². The van der Waals surface area contributed by atoms with E-state index in [0.29, 0.717) is 248 Å². The molecule has 36 nitrogen and oxygen atoms in total. The Hall–Kier alpha value is -9.99. The van der Waals surface area contributed by atoms with Crippen molar-refractivity contribution in [1.29, 1.82) is 0 Å². The van der Waals surface area contributed by atoms with Gasteiger partial charge in [0.25, 0.3) is 6.47 Å². The molecule has 4 aromatic heterocycles. The van der Waals surface area contributed by atoms with Crippen LogP contribution >= 0.6 is 112 Å². The van der Waals surface area contributed by atoms with E-state index in [1.165, 1.54) is 87.8 Å². The van der Waals surface area contributed by atoms with Gasteiger partial charge in [0.05, 0.1) is 126 Å². The number of aliphatic hydroxyl groups excluding tert-OH is 2.